The summed E-state index contributed by atoms with van der Waals surface area (Å²) in [5.41, 5.74) is 7.01. The van der Waals surface area contributed by atoms with E-state index in [1.54, 1.807) is 27.6 Å². The van der Waals surface area contributed by atoms with Gasteiger partial charge in [0.25, 0.3) is 0 Å². The molecule has 108 valence electrons. The van der Waals surface area contributed by atoms with Crippen LogP contribution in [0.3, 0.4) is 0 Å². The molecular formula is C15H16N4O2. The fourth-order valence-electron chi connectivity index (χ4n) is 2.27. The van der Waals surface area contributed by atoms with Crippen LogP contribution in [0.15, 0.2) is 52.0 Å². The Balaban J connectivity index is 2.18. The highest BCUT2D eigenvalue weighted by Crippen LogP contribution is 2.27. The molecule has 0 saturated carbocycles. The number of imidazole rings is 1. The lowest BCUT2D eigenvalue weighted by Gasteiger charge is -2.08. The van der Waals surface area contributed by atoms with E-state index in [0.717, 1.165) is 11.3 Å². The quantitative estimate of drug-likeness (QED) is 0.801. The van der Waals surface area contributed by atoms with Crippen LogP contribution in [0.2, 0.25) is 0 Å². The van der Waals surface area contributed by atoms with Gasteiger partial charge in [0.05, 0.1) is 5.69 Å². The van der Waals surface area contributed by atoms with Crippen LogP contribution in [0.25, 0.3) is 17.0 Å². The highest BCUT2D eigenvalue weighted by molar-refractivity contribution is 5.70. The summed E-state index contributed by atoms with van der Waals surface area (Å²) >= 11 is 0. The molecule has 0 aliphatic carbocycles. The molecule has 0 fully saturated rings. The number of benzene rings is 1. The van der Waals surface area contributed by atoms with Crippen LogP contribution in [0.5, 0.6) is 0 Å². The number of nitrogens with zero attached hydrogens (tertiary/aromatic N) is 3. The number of para-hydroxylation sites is 1. The van der Waals surface area contributed by atoms with Crippen molar-refractivity contribution in [1.29, 1.82) is 0 Å². The monoisotopic (exact) mass is 284 g/mol. The minimum absolute atomic E-state index is 0.0927. The van der Waals surface area contributed by atoms with Crippen molar-refractivity contribution >= 4 is 5.82 Å². The smallest absolute Gasteiger partial charge is 0.332 e. The van der Waals surface area contributed by atoms with Gasteiger partial charge in [-0.25, -0.2) is 4.79 Å². The van der Waals surface area contributed by atoms with Crippen LogP contribution >= 0.6 is 0 Å². The Bertz CT molecular complexity index is 826. The van der Waals surface area contributed by atoms with Gasteiger partial charge < -0.3 is 10.3 Å². The standard InChI is InChI=1S/C15H16N4O2/c1-10(2)18-7-8-19(15(18)20)12-6-4-3-5-11(12)13-9-14(16)17-21-13/h3-10H,1-2H3,(H2,16,17). The third-order valence-corrected chi connectivity index (χ3v) is 3.32. The Labute approximate surface area is 121 Å². The number of nitrogen functional groups attached to an aromatic ring is 1. The van der Waals surface area contributed by atoms with E-state index in [2.05, 4.69) is 5.16 Å². The van der Waals surface area contributed by atoms with Gasteiger partial charge in [0.2, 0.25) is 0 Å². The molecule has 21 heavy (non-hydrogen) atoms. The average molecular weight is 284 g/mol. The lowest BCUT2D eigenvalue weighted by atomic mass is 10.1. The predicted octanol–water partition coefficient (Wildman–Crippen LogP) is 2.46. The number of hydrogen-bond acceptors (Lipinski definition) is 4. The molecule has 2 N–H and O–H groups in total. The molecule has 1 aromatic carbocycles. The summed E-state index contributed by atoms with van der Waals surface area (Å²) in [6.45, 7) is 3.93. The SMILES string of the molecule is CC(C)n1ccn(-c2ccccc2-c2cc(N)no2)c1=O. The van der Waals surface area contributed by atoms with Crippen LogP contribution in [0, 0.1) is 0 Å². The van der Waals surface area contributed by atoms with Crippen molar-refractivity contribution < 1.29 is 4.52 Å². The Kier molecular flexibility index (Phi) is 3.13. The molecule has 0 spiro atoms. The van der Waals surface area contributed by atoms with Crippen LogP contribution in [-0.4, -0.2) is 14.3 Å². The Morgan fingerprint density at radius 2 is 2.00 bits per heavy atom. The summed E-state index contributed by atoms with van der Waals surface area (Å²) in [5.74, 6) is 0.846. The van der Waals surface area contributed by atoms with Gasteiger partial charge in [-0.15, -0.1) is 0 Å². The van der Waals surface area contributed by atoms with E-state index in [9.17, 15) is 4.79 Å². The fourth-order valence-corrected chi connectivity index (χ4v) is 2.27. The molecule has 0 radical (unpaired) electrons. The fraction of sp³-hybridized carbons (Fsp3) is 0.200. The molecule has 0 aliphatic rings. The first kappa shape index (κ1) is 13.2. The largest absolute Gasteiger partial charge is 0.381 e. The van der Waals surface area contributed by atoms with Gasteiger partial charge in [0.15, 0.2) is 11.6 Å². The van der Waals surface area contributed by atoms with Gasteiger partial charge in [0, 0.05) is 30.1 Å². The molecule has 6 heteroatoms. The second-order valence-electron chi connectivity index (χ2n) is 5.08. The first-order chi connectivity index (χ1) is 10.1. The van der Waals surface area contributed by atoms with Crippen LogP contribution in [0.1, 0.15) is 19.9 Å². The van der Waals surface area contributed by atoms with Crippen molar-refractivity contribution in [3.8, 4) is 17.0 Å². The lowest BCUT2D eigenvalue weighted by Crippen LogP contribution is -2.24. The molecule has 2 aromatic heterocycles. The summed E-state index contributed by atoms with van der Waals surface area (Å²) in [5, 5.41) is 3.69. The summed E-state index contributed by atoms with van der Waals surface area (Å²) in [6.07, 6.45) is 3.53. The van der Waals surface area contributed by atoms with Crippen molar-refractivity contribution in [2.75, 3.05) is 5.73 Å². The van der Waals surface area contributed by atoms with Crippen LogP contribution in [-0.2, 0) is 0 Å². The molecule has 3 aromatic rings. The summed E-state index contributed by atoms with van der Waals surface area (Å²) < 4.78 is 8.47. The number of rotatable bonds is 3. The van der Waals surface area contributed by atoms with E-state index in [1.807, 2.05) is 38.1 Å². The van der Waals surface area contributed by atoms with Crippen molar-refractivity contribution in [3.05, 3.63) is 53.2 Å². The molecule has 0 aliphatic heterocycles. The van der Waals surface area contributed by atoms with Gasteiger partial charge in [-0.3, -0.25) is 9.13 Å². The highest BCUT2D eigenvalue weighted by Gasteiger charge is 2.14. The zero-order valence-electron chi connectivity index (χ0n) is 11.9. The first-order valence-corrected chi connectivity index (χ1v) is 6.69. The Hall–Kier alpha value is -2.76. The molecule has 0 unspecified atom stereocenters. The van der Waals surface area contributed by atoms with E-state index < -0.39 is 0 Å². The van der Waals surface area contributed by atoms with E-state index in [0.29, 0.717) is 11.6 Å². The van der Waals surface area contributed by atoms with Crippen molar-refractivity contribution in [2.45, 2.75) is 19.9 Å². The van der Waals surface area contributed by atoms with Crippen LogP contribution in [0.4, 0.5) is 5.82 Å². The van der Waals surface area contributed by atoms with Crippen molar-refractivity contribution in [3.63, 3.8) is 0 Å². The molecular weight excluding hydrogens is 268 g/mol. The molecule has 0 saturated heterocycles. The maximum Gasteiger partial charge on any atom is 0.332 e. The average Bonchev–Trinajstić information content (AvgIpc) is 3.05. The number of aromatic nitrogens is 3. The Morgan fingerprint density at radius 1 is 1.24 bits per heavy atom. The zero-order valence-corrected chi connectivity index (χ0v) is 11.9. The third kappa shape index (κ3) is 2.24. The van der Waals surface area contributed by atoms with E-state index in [1.165, 1.54) is 0 Å². The second-order valence-corrected chi connectivity index (χ2v) is 5.08. The number of hydrogen-bond donors (Lipinski definition) is 1. The van der Waals surface area contributed by atoms with E-state index in [-0.39, 0.29) is 11.7 Å². The highest BCUT2D eigenvalue weighted by atomic mass is 16.5. The first-order valence-electron chi connectivity index (χ1n) is 6.69. The maximum atomic E-state index is 12.5. The van der Waals surface area contributed by atoms with Crippen LogP contribution < -0.4 is 11.4 Å². The van der Waals surface area contributed by atoms with Crippen molar-refractivity contribution in [1.82, 2.24) is 14.3 Å². The van der Waals surface area contributed by atoms with Gasteiger partial charge in [-0.1, -0.05) is 17.3 Å². The zero-order chi connectivity index (χ0) is 15.0. The van der Waals surface area contributed by atoms with E-state index in [4.69, 9.17) is 10.3 Å². The van der Waals surface area contributed by atoms with Gasteiger partial charge in [-0.2, -0.15) is 0 Å². The predicted molar refractivity (Wildman–Crippen MR) is 80.3 cm³/mol. The minimum Gasteiger partial charge on any atom is -0.381 e. The summed E-state index contributed by atoms with van der Waals surface area (Å²) in [6, 6.07) is 9.23. The third-order valence-electron chi connectivity index (χ3n) is 3.32. The normalized spacial score (nSPS) is 11.2. The van der Waals surface area contributed by atoms with E-state index >= 15 is 0 Å². The summed E-state index contributed by atoms with van der Waals surface area (Å²) in [4.78, 5) is 12.5. The molecule has 0 atom stereocenters. The molecule has 6 nitrogen and oxygen atoms in total. The molecule has 0 amide bonds. The Morgan fingerprint density at radius 3 is 2.62 bits per heavy atom. The molecule has 3 rings (SSSR count). The topological polar surface area (TPSA) is 79.0 Å². The molecule has 0 bridgehead atoms. The van der Waals surface area contributed by atoms with Gasteiger partial charge >= 0.3 is 5.69 Å². The lowest BCUT2D eigenvalue weighted by molar-refractivity contribution is 0.435. The van der Waals surface area contributed by atoms with Gasteiger partial charge in [-0.05, 0) is 26.0 Å². The number of anilines is 1. The minimum atomic E-state index is -0.0927. The number of nitrogens with two attached hydrogens (primary N) is 1. The van der Waals surface area contributed by atoms with Gasteiger partial charge in [0.1, 0.15) is 0 Å². The summed E-state index contributed by atoms with van der Waals surface area (Å²) in [7, 11) is 0. The molecule has 2 heterocycles. The second kappa shape index (κ2) is 4.97. The maximum absolute atomic E-state index is 12.5. The van der Waals surface area contributed by atoms with Crippen molar-refractivity contribution in [2.24, 2.45) is 0 Å².